The Morgan fingerprint density at radius 1 is 1.04 bits per heavy atom. The van der Waals surface area contributed by atoms with Gasteiger partial charge in [-0.3, -0.25) is 4.79 Å². The van der Waals surface area contributed by atoms with Gasteiger partial charge in [0.05, 0.1) is 6.26 Å². The molecule has 1 atom stereocenters. The van der Waals surface area contributed by atoms with Gasteiger partial charge in [-0.25, -0.2) is 13.1 Å². The van der Waals surface area contributed by atoms with Crippen LogP contribution in [0.3, 0.4) is 0 Å². The summed E-state index contributed by atoms with van der Waals surface area (Å²) in [7, 11) is -3.17. The summed E-state index contributed by atoms with van der Waals surface area (Å²) < 4.78 is 24.5. The molecule has 0 spiro atoms. The van der Waals surface area contributed by atoms with Crippen molar-refractivity contribution < 1.29 is 13.2 Å². The Bertz CT molecular complexity index is 787. The summed E-state index contributed by atoms with van der Waals surface area (Å²) >= 11 is 0. The highest BCUT2D eigenvalue weighted by Crippen LogP contribution is 2.13. The summed E-state index contributed by atoms with van der Waals surface area (Å²) in [5.41, 5.74) is 2.77. The largest absolute Gasteiger partial charge is 0.351 e. The van der Waals surface area contributed by atoms with E-state index in [2.05, 4.69) is 29.1 Å². The average Bonchev–Trinajstić information content (AvgIpc) is 2.59. The second-order valence-electron chi connectivity index (χ2n) is 6.14. The summed E-state index contributed by atoms with van der Waals surface area (Å²) in [6.45, 7) is 3.00. The molecule has 0 aromatic heterocycles. The molecular formula is C19H24N2O3S. The van der Waals surface area contributed by atoms with E-state index < -0.39 is 10.0 Å². The second-order valence-corrected chi connectivity index (χ2v) is 7.97. The number of amides is 1. The Balaban J connectivity index is 1.83. The minimum Gasteiger partial charge on any atom is -0.351 e. The Labute approximate surface area is 149 Å². The van der Waals surface area contributed by atoms with Crippen molar-refractivity contribution >= 4 is 15.9 Å². The van der Waals surface area contributed by atoms with Crippen LogP contribution in [0.1, 0.15) is 34.3 Å². The zero-order valence-electron chi connectivity index (χ0n) is 14.5. The van der Waals surface area contributed by atoms with Crippen LogP contribution in [-0.4, -0.2) is 33.7 Å². The molecule has 134 valence electrons. The van der Waals surface area contributed by atoms with Crippen molar-refractivity contribution in [2.45, 2.75) is 19.3 Å². The van der Waals surface area contributed by atoms with Crippen molar-refractivity contribution in [2.24, 2.45) is 0 Å². The summed E-state index contributed by atoms with van der Waals surface area (Å²) in [6, 6.07) is 17.3. The van der Waals surface area contributed by atoms with Crippen LogP contribution >= 0.6 is 0 Å². The monoisotopic (exact) mass is 360 g/mol. The van der Waals surface area contributed by atoms with E-state index in [9.17, 15) is 13.2 Å². The van der Waals surface area contributed by atoms with Gasteiger partial charge in [-0.15, -0.1) is 0 Å². The van der Waals surface area contributed by atoms with Gasteiger partial charge in [0.2, 0.25) is 10.0 Å². The number of sulfonamides is 1. The first-order valence-electron chi connectivity index (χ1n) is 8.22. The molecule has 1 amide bonds. The van der Waals surface area contributed by atoms with Gasteiger partial charge in [-0.05, 0) is 35.6 Å². The van der Waals surface area contributed by atoms with E-state index in [-0.39, 0.29) is 11.8 Å². The van der Waals surface area contributed by atoms with Gasteiger partial charge in [0.25, 0.3) is 5.91 Å². The third-order valence-corrected chi connectivity index (χ3v) is 4.66. The highest BCUT2D eigenvalue weighted by atomic mass is 32.2. The molecule has 25 heavy (non-hydrogen) atoms. The molecule has 0 saturated heterocycles. The number of hydrogen-bond donors (Lipinski definition) is 2. The lowest BCUT2D eigenvalue weighted by Crippen LogP contribution is -2.27. The van der Waals surface area contributed by atoms with E-state index in [0.29, 0.717) is 25.1 Å². The summed E-state index contributed by atoms with van der Waals surface area (Å²) in [5, 5.41) is 2.95. The van der Waals surface area contributed by atoms with Crippen molar-refractivity contribution in [1.29, 1.82) is 0 Å². The second kappa shape index (κ2) is 8.78. The molecule has 2 aromatic carbocycles. The van der Waals surface area contributed by atoms with Gasteiger partial charge in [0.1, 0.15) is 0 Å². The summed E-state index contributed by atoms with van der Waals surface area (Å²) in [4.78, 5) is 12.2. The fourth-order valence-electron chi connectivity index (χ4n) is 2.45. The molecule has 0 aliphatic rings. The first-order valence-corrected chi connectivity index (χ1v) is 10.1. The third-order valence-electron chi connectivity index (χ3n) is 3.93. The van der Waals surface area contributed by atoms with Crippen molar-refractivity contribution in [2.75, 3.05) is 19.3 Å². The van der Waals surface area contributed by atoms with Gasteiger partial charge in [0.15, 0.2) is 0 Å². The minimum absolute atomic E-state index is 0.108. The van der Waals surface area contributed by atoms with E-state index in [0.717, 1.165) is 11.8 Å². The molecule has 0 unspecified atom stereocenters. The number of carbonyl (C=O) groups is 1. The molecule has 2 aromatic rings. The Kier molecular flexibility index (Phi) is 6.73. The van der Waals surface area contributed by atoms with Crippen LogP contribution in [0, 0.1) is 0 Å². The predicted octanol–water partition coefficient (Wildman–Crippen LogP) is 2.31. The number of hydrogen-bond acceptors (Lipinski definition) is 3. The molecule has 0 aliphatic carbocycles. The van der Waals surface area contributed by atoms with E-state index in [1.807, 2.05) is 30.3 Å². The Morgan fingerprint density at radius 2 is 1.68 bits per heavy atom. The van der Waals surface area contributed by atoms with E-state index >= 15 is 0 Å². The number of carbonyl (C=O) groups excluding carboxylic acids is 1. The fraction of sp³-hybridized carbons (Fsp3) is 0.316. The molecule has 6 heteroatoms. The normalized spacial score (nSPS) is 12.6. The van der Waals surface area contributed by atoms with Crippen LogP contribution in [0.5, 0.6) is 0 Å². The molecule has 0 radical (unpaired) electrons. The van der Waals surface area contributed by atoms with Crippen molar-refractivity contribution in [3.8, 4) is 0 Å². The van der Waals surface area contributed by atoms with Gasteiger partial charge < -0.3 is 5.32 Å². The van der Waals surface area contributed by atoms with Gasteiger partial charge in [0, 0.05) is 18.7 Å². The smallest absolute Gasteiger partial charge is 0.251 e. The maximum absolute atomic E-state index is 12.2. The quantitative estimate of drug-likeness (QED) is 0.758. The lowest BCUT2D eigenvalue weighted by molar-refractivity contribution is 0.0951. The molecule has 0 saturated carbocycles. The van der Waals surface area contributed by atoms with Gasteiger partial charge in [-0.2, -0.15) is 0 Å². The SMILES string of the molecule is C[C@@H](CNC(=O)c1ccc(CCNS(C)(=O)=O)cc1)c1ccccc1. The first-order chi connectivity index (χ1) is 11.8. The fourth-order valence-corrected chi connectivity index (χ4v) is 2.92. The lowest BCUT2D eigenvalue weighted by Gasteiger charge is -2.13. The molecule has 2 rings (SSSR count). The standard InChI is InChI=1S/C19H24N2O3S/c1-15(17-6-4-3-5-7-17)14-20-19(22)18-10-8-16(9-11-18)12-13-21-25(2,23)24/h3-11,15,21H,12-14H2,1-2H3,(H,20,22)/t15-/m0/s1. The predicted molar refractivity (Wildman–Crippen MR) is 100 cm³/mol. The van der Waals surface area contributed by atoms with E-state index in [4.69, 9.17) is 0 Å². The summed E-state index contributed by atoms with van der Waals surface area (Å²) in [5.74, 6) is 0.134. The highest BCUT2D eigenvalue weighted by molar-refractivity contribution is 7.88. The highest BCUT2D eigenvalue weighted by Gasteiger charge is 2.09. The third kappa shape index (κ3) is 6.68. The van der Waals surface area contributed by atoms with E-state index in [1.54, 1.807) is 12.1 Å². The molecular weight excluding hydrogens is 336 g/mol. The van der Waals surface area contributed by atoms with Crippen LogP contribution in [0.2, 0.25) is 0 Å². The maximum atomic E-state index is 12.2. The molecule has 0 heterocycles. The number of nitrogens with one attached hydrogen (secondary N) is 2. The zero-order chi connectivity index (χ0) is 18.3. The maximum Gasteiger partial charge on any atom is 0.251 e. The molecule has 0 aliphatic heterocycles. The van der Waals surface area contributed by atoms with E-state index in [1.165, 1.54) is 5.56 Å². The summed E-state index contributed by atoms with van der Waals surface area (Å²) in [6.07, 6.45) is 1.72. The molecule has 5 nitrogen and oxygen atoms in total. The molecule has 2 N–H and O–H groups in total. The van der Waals surface area contributed by atoms with Crippen LogP contribution < -0.4 is 10.0 Å². The van der Waals surface area contributed by atoms with Crippen LogP contribution in [0.25, 0.3) is 0 Å². The van der Waals surface area contributed by atoms with Crippen LogP contribution in [0.15, 0.2) is 54.6 Å². The van der Waals surface area contributed by atoms with Gasteiger partial charge >= 0.3 is 0 Å². The van der Waals surface area contributed by atoms with Gasteiger partial charge in [-0.1, -0.05) is 49.4 Å². The Morgan fingerprint density at radius 3 is 2.28 bits per heavy atom. The Hall–Kier alpha value is -2.18. The van der Waals surface area contributed by atoms with Crippen molar-refractivity contribution in [1.82, 2.24) is 10.0 Å². The minimum atomic E-state index is -3.17. The average molecular weight is 360 g/mol. The molecule has 0 bridgehead atoms. The zero-order valence-corrected chi connectivity index (χ0v) is 15.3. The number of rotatable bonds is 8. The lowest BCUT2D eigenvalue weighted by atomic mass is 10.0. The first kappa shape index (κ1) is 19.1. The van der Waals surface area contributed by atoms with Crippen molar-refractivity contribution in [3.63, 3.8) is 0 Å². The van der Waals surface area contributed by atoms with Crippen LogP contribution in [0.4, 0.5) is 0 Å². The number of benzene rings is 2. The van der Waals surface area contributed by atoms with Crippen molar-refractivity contribution in [3.05, 3.63) is 71.3 Å². The topological polar surface area (TPSA) is 75.3 Å². The van der Waals surface area contributed by atoms with Crippen LogP contribution in [-0.2, 0) is 16.4 Å². The molecule has 0 fully saturated rings.